The van der Waals surface area contributed by atoms with Crippen LogP contribution >= 0.6 is 11.8 Å². The number of nitrogens with one attached hydrogen (secondary N) is 1. The zero-order valence-corrected chi connectivity index (χ0v) is 14.1. The van der Waals surface area contributed by atoms with Gasteiger partial charge in [-0.25, -0.2) is 0 Å². The number of rotatable bonds is 11. The Hall–Kier alpha value is 0.270. The first kappa shape index (κ1) is 17.3. The Morgan fingerprint density at radius 1 is 1.11 bits per heavy atom. The molecule has 0 aliphatic heterocycles. The molecule has 19 heavy (non-hydrogen) atoms. The van der Waals surface area contributed by atoms with Gasteiger partial charge in [0.15, 0.2) is 0 Å². The fourth-order valence-electron chi connectivity index (χ4n) is 3.05. The van der Waals surface area contributed by atoms with E-state index in [9.17, 15) is 0 Å². The average molecular weight is 287 g/mol. The van der Waals surface area contributed by atoms with Gasteiger partial charge in [0.2, 0.25) is 0 Å². The second-order valence-electron chi connectivity index (χ2n) is 5.68. The van der Waals surface area contributed by atoms with Crippen LogP contribution < -0.4 is 5.32 Å². The summed E-state index contributed by atoms with van der Waals surface area (Å²) >= 11 is 2.16. The van der Waals surface area contributed by atoms with Crippen molar-refractivity contribution in [1.82, 2.24) is 10.2 Å². The second kappa shape index (κ2) is 11.0. The Labute approximate surface area is 125 Å². The maximum atomic E-state index is 3.74. The van der Waals surface area contributed by atoms with Crippen LogP contribution in [0.25, 0.3) is 0 Å². The molecule has 0 radical (unpaired) electrons. The van der Waals surface area contributed by atoms with Crippen LogP contribution in [-0.2, 0) is 0 Å². The first-order chi connectivity index (χ1) is 9.31. The maximum Gasteiger partial charge on any atom is 0.00956 e. The van der Waals surface area contributed by atoms with Crippen LogP contribution in [0.3, 0.4) is 0 Å². The van der Waals surface area contributed by atoms with Crippen molar-refractivity contribution in [3.05, 3.63) is 0 Å². The van der Waals surface area contributed by atoms with E-state index in [4.69, 9.17) is 0 Å². The minimum Gasteiger partial charge on any atom is -0.314 e. The summed E-state index contributed by atoms with van der Waals surface area (Å²) in [6, 6.07) is 0.823. The molecule has 0 aromatic heterocycles. The first-order valence-electron chi connectivity index (χ1n) is 8.35. The summed E-state index contributed by atoms with van der Waals surface area (Å²) in [5.41, 5.74) is 0. The second-order valence-corrected chi connectivity index (χ2v) is 6.90. The number of hydrogen-bond acceptors (Lipinski definition) is 3. The van der Waals surface area contributed by atoms with Crippen LogP contribution in [0.4, 0.5) is 0 Å². The smallest absolute Gasteiger partial charge is 0.00956 e. The van der Waals surface area contributed by atoms with Gasteiger partial charge in [0, 0.05) is 18.3 Å². The van der Waals surface area contributed by atoms with Crippen LogP contribution in [0.2, 0.25) is 0 Å². The van der Waals surface area contributed by atoms with Gasteiger partial charge in [-0.05, 0) is 57.0 Å². The summed E-state index contributed by atoms with van der Waals surface area (Å²) in [6.45, 7) is 11.6. The molecule has 0 saturated heterocycles. The maximum absolute atomic E-state index is 3.74. The van der Waals surface area contributed by atoms with Gasteiger partial charge in [0.1, 0.15) is 0 Å². The molecule has 0 spiro atoms. The Morgan fingerprint density at radius 2 is 1.89 bits per heavy atom. The lowest BCUT2D eigenvalue weighted by Crippen LogP contribution is -2.33. The zero-order chi connectivity index (χ0) is 13.9. The van der Waals surface area contributed by atoms with Gasteiger partial charge in [-0.3, -0.25) is 0 Å². The third-order valence-electron chi connectivity index (χ3n) is 4.39. The third-order valence-corrected chi connectivity index (χ3v) is 5.39. The van der Waals surface area contributed by atoms with Gasteiger partial charge in [0.05, 0.1) is 0 Å². The molecule has 0 amide bonds. The summed E-state index contributed by atoms with van der Waals surface area (Å²) in [5.74, 6) is 3.62. The normalized spacial score (nSPS) is 23.4. The highest BCUT2D eigenvalue weighted by atomic mass is 32.2. The molecule has 1 rings (SSSR count). The Morgan fingerprint density at radius 3 is 2.58 bits per heavy atom. The van der Waals surface area contributed by atoms with Crippen LogP contribution in [0.15, 0.2) is 0 Å². The molecule has 1 aliphatic rings. The molecule has 2 nitrogen and oxygen atoms in total. The molecule has 1 saturated carbocycles. The van der Waals surface area contributed by atoms with E-state index < -0.39 is 0 Å². The van der Waals surface area contributed by atoms with E-state index in [0.29, 0.717) is 0 Å². The third kappa shape index (κ3) is 7.01. The van der Waals surface area contributed by atoms with Gasteiger partial charge < -0.3 is 10.2 Å². The van der Waals surface area contributed by atoms with Crippen molar-refractivity contribution < 1.29 is 0 Å². The topological polar surface area (TPSA) is 15.3 Å². The molecule has 1 aliphatic carbocycles. The molecular formula is C16H34N2S. The number of hydrogen-bond donors (Lipinski definition) is 1. The molecule has 0 heterocycles. The van der Waals surface area contributed by atoms with E-state index in [2.05, 4.69) is 42.7 Å². The summed E-state index contributed by atoms with van der Waals surface area (Å²) in [5, 5.41) is 3.74. The highest BCUT2D eigenvalue weighted by Crippen LogP contribution is 2.29. The summed E-state index contributed by atoms with van der Waals surface area (Å²) in [6.07, 6.45) is 7.00. The first-order valence-corrected chi connectivity index (χ1v) is 9.50. The lowest BCUT2D eigenvalue weighted by molar-refractivity contribution is 0.324. The standard InChI is InChI=1S/C16H34N2S/c1-4-11-17-16-9-7-8-15(16)10-13-19-14-12-18(5-2)6-3/h15-17H,4-14H2,1-3H3. The Kier molecular flexibility index (Phi) is 10.0. The van der Waals surface area contributed by atoms with Crippen molar-refractivity contribution in [2.45, 2.75) is 58.9 Å². The Balaban J connectivity index is 2.04. The molecule has 2 unspecified atom stereocenters. The molecule has 1 fully saturated rings. The lowest BCUT2D eigenvalue weighted by Gasteiger charge is -2.21. The van der Waals surface area contributed by atoms with E-state index >= 15 is 0 Å². The molecule has 114 valence electrons. The average Bonchev–Trinajstić information content (AvgIpc) is 2.88. The van der Waals surface area contributed by atoms with Crippen molar-refractivity contribution in [2.24, 2.45) is 5.92 Å². The highest BCUT2D eigenvalue weighted by Gasteiger charge is 2.25. The van der Waals surface area contributed by atoms with Gasteiger partial charge in [-0.15, -0.1) is 0 Å². The van der Waals surface area contributed by atoms with Gasteiger partial charge >= 0.3 is 0 Å². The predicted octanol–water partition coefficient (Wildman–Crippen LogP) is 3.62. The fourth-order valence-corrected chi connectivity index (χ4v) is 4.11. The van der Waals surface area contributed by atoms with E-state index in [1.54, 1.807) is 0 Å². The lowest BCUT2D eigenvalue weighted by atomic mass is 10.0. The van der Waals surface area contributed by atoms with E-state index in [1.807, 2.05) is 0 Å². The minimum absolute atomic E-state index is 0.823. The van der Waals surface area contributed by atoms with Crippen molar-refractivity contribution in [3.63, 3.8) is 0 Å². The molecular weight excluding hydrogens is 252 g/mol. The summed E-state index contributed by atoms with van der Waals surface area (Å²) in [7, 11) is 0. The van der Waals surface area contributed by atoms with Gasteiger partial charge in [-0.2, -0.15) is 11.8 Å². The molecule has 1 N–H and O–H groups in total. The quantitative estimate of drug-likeness (QED) is 0.584. The van der Waals surface area contributed by atoms with Crippen LogP contribution in [0.5, 0.6) is 0 Å². The molecule has 0 aromatic carbocycles. The molecule has 0 aromatic rings. The van der Waals surface area contributed by atoms with Crippen LogP contribution in [-0.4, -0.2) is 48.6 Å². The summed E-state index contributed by atoms with van der Waals surface area (Å²) in [4.78, 5) is 2.52. The van der Waals surface area contributed by atoms with Crippen molar-refractivity contribution >= 4 is 11.8 Å². The van der Waals surface area contributed by atoms with Gasteiger partial charge in [-0.1, -0.05) is 27.2 Å². The van der Waals surface area contributed by atoms with Crippen molar-refractivity contribution in [3.8, 4) is 0 Å². The van der Waals surface area contributed by atoms with Gasteiger partial charge in [0.25, 0.3) is 0 Å². The molecule has 2 atom stereocenters. The summed E-state index contributed by atoms with van der Waals surface area (Å²) < 4.78 is 0. The predicted molar refractivity (Wildman–Crippen MR) is 89.2 cm³/mol. The van der Waals surface area contributed by atoms with Crippen molar-refractivity contribution in [2.75, 3.05) is 37.7 Å². The van der Waals surface area contributed by atoms with E-state index in [1.165, 1.54) is 69.8 Å². The van der Waals surface area contributed by atoms with Crippen LogP contribution in [0, 0.1) is 5.92 Å². The SMILES string of the molecule is CCCNC1CCCC1CCSCCN(CC)CC. The zero-order valence-electron chi connectivity index (χ0n) is 13.3. The fraction of sp³-hybridized carbons (Fsp3) is 1.00. The van der Waals surface area contributed by atoms with Crippen LogP contribution in [0.1, 0.15) is 52.9 Å². The van der Waals surface area contributed by atoms with E-state index in [0.717, 1.165) is 12.0 Å². The number of nitrogens with zero attached hydrogens (tertiary/aromatic N) is 1. The minimum atomic E-state index is 0.823. The largest absolute Gasteiger partial charge is 0.314 e. The van der Waals surface area contributed by atoms with E-state index in [-0.39, 0.29) is 0 Å². The van der Waals surface area contributed by atoms with Crippen molar-refractivity contribution in [1.29, 1.82) is 0 Å². The Bertz CT molecular complexity index is 207. The monoisotopic (exact) mass is 286 g/mol. The number of thioether (sulfide) groups is 1. The molecule has 0 bridgehead atoms. The molecule has 3 heteroatoms. The highest BCUT2D eigenvalue weighted by molar-refractivity contribution is 7.99.